The van der Waals surface area contributed by atoms with Crippen molar-refractivity contribution in [1.29, 1.82) is 0 Å². The highest BCUT2D eigenvalue weighted by Crippen LogP contribution is 2.39. The molecular formula is C13H26N2O. The summed E-state index contributed by atoms with van der Waals surface area (Å²) in [7, 11) is 0. The van der Waals surface area contributed by atoms with Crippen molar-refractivity contribution >= 4 is 0 Å². The number of aliphatic hydroxyl groups is 1. The van der Waals surface area contributed by atoms with E-state index in [1.807, 2.05) is 0 Å². The monoisotopic (exact) mass is 226 g/mol. The number of likely N-dealkylation sites (tertiary alicyclic amines) is 1. The molecule has 1 saturated heterocycles. The maximum absolute atomic E-state index is 9.53. The van der Waals surface area contributed by atoms with E-state index in [4.69, 9.17) is 5.73 Å². The fraction of sp³-hybridized carbons (Fsp3) is 1.00. The van der Waals surface area contributed by atoms with E-state index in [9.17, 15) is 5.11 Å². The molecule has 0 aromatic rings. The van der Waals surface area contributed by atoms with Crippen LogP contribution in [-0.2, 0) is 0 Å². The van der Waals surface area contributed by atoms with E-state index in [0.717, 1.165) is 19.0 Å². The van der Waals surface area contributed by atoms with E-state index in [1.165, 1.54) is 25.7 Å². The van der Waals surface area contributed by atoms with Gasteiger partial charge in [-0.05, 0) is 51.0 Å². The SMILES string of the molecule is CC1CCCN(CC(N)(CO)C2CC2)C1C. The van der Waals surface area contributed by atoms with Crippen molar-refractivity contribution in [1.82, 2.24) is 4.90 Å². The number of hydrogen-bond donors (Lipinski definition) is 2. The van der Waals surface area contributed by atoms with Gasteiger partial charge in [-0.3, -0.25) is 4.90 Å². The van der Waals surface area contributed by atoms with Gasteiger partial charge in [0.2, 0.25) is 0 Å². The van der Waals surface area contributed by atoms with E-state index in [-0.39, 0.29) is 12.1 Å². The summed E-state index contributed by atoms with van der Waals surface area (Å²) in [5.41, 5.74) is 6.01. The largest absolute Gasteiger partial charge is 0.394 e. The average molecular weight is 226 g/mol. The Hall–Kier alpha value is -0.120. The van der Waals surface area contributed by atoms with Crippen LogP contribution in [0, 0.1) is 11.8 Å². The number of rotatable bonds is 4. The van der Waals surface area contributed by atoms with Gasteiger partial charge in [-0.2, -0.15) is 0 Å². The molecule has 0 amide bonds. The Morgan fingerprint density at radius 1 is 1.31 bits per heavy atom. The summed E-state index contributed by atoms with van der Waals surface area (Å²) in [4.78, 5) is 2.49. The smallest absolute Gasteiger partial charge is 0.0626 e. The number of piperidine rings is 1. The second-order valence-corrected chi connectivity index (χ2v) is 6.00. The molecule has 3 heteroatoms. The van der Waals surface area contributed by atoms with Gasteiger partial charge in [-0.25, -0.2) is 0 Å². The third-order valence-corrected chi connectivity index (χ3v) is 4.69. The zero-order chi connectivity index (χ0) is 11.8. The molecule has 2 aliphatic rings. The Morgan fingerprint density at radius 3 is 2.56 bits per heavy atom. The Labute approximate surface area is 99.0 Å². The van der Waals surface area contributed by atoms with Crippen molar-refractivity contribution < 1.29 is 5.11 Å². The fourth-order valence-corrected chi connectivity index (χ4v) is 2.99. The Kier molecular flexibility index (Phi) is 3.57. The lowest BCUT2D eigenvalue weighted by molar-refractivity contribution is 0.0576. The van der Waals surface area contributed by atoms with Gasteiger partial charge in [0.15, 0.2) is 0 Å². The highest BCUT2D eigenvalue weighted by molar-refractivity contribution is 5.01. The van der Waals surface area contributed by atoms with Crippen LogP contribution in [0.4, 0.5) is 0 Å². The standard InChI is InChI=1S/C13H26N2O/c1-10-4-3-7-15(11(10)2)8-13(14,9-16)12-5-6-12/h10-12,16H,3-9,14H2,1-2H3. The molecule has 3 unspecified atom stereocenters. The maximum atomic E-state index is 9.53. The first kappa shape index (κ1) is 12.3. The second-order valence-electron chi connectivity index (χ2n) is 6.00. The van der Waals surface area contributed by atoms with E-state index in [2.05, 4.69) is 18.7 Å². The molecule has 1 heterocycles. The van der Waals surface area contributed by atoms with Crippen LogP contribution in [0.15, 0.2) is 0 Å². The summed E-state index contributed by atoms with van der Waals surface area (Å²) in [6, 6.07) is 0.613. The average Bonchev–Trinajstić information content (AvgIpc) is 3.08. The molecule has 1 aliphatic heterocycles. The predicted molar refractivity (Wildman–Crippen MR) is 66.2 cm³/mol. The number of nitrogens with zero attached hydrogens (tertiary/aromatic N) is 1. The minimum atomic E-state index is -0.342. The van der Waals surface area contributed by atoms with E-state index < -0.39 is 0 Å². The summed E-state index contributed by atoms with van der Waals surface area (Å²) >= 11 is 0. The predicted octanol–water partition coefficient (Wildman–Crippen LogP) is 1.21. The third-order valence-electron chi connectivity index (χ3n) is 4.69. The zero-order valence-electron chi connectivity index (χ0n) is 10.7. The quantitative estimate of drug-likeness (QED) is 0.757. The number of nitrogens with two attached hydrogens (primary N) is 1. The molecule has 3 nitrogen and oxygen atoms in total. The first-order valence-electron chi connectivity index (χ1n) is 6.70. The second kappa shape index (κ2) is 4.63. The molecule has 1 saturated carbocycles. The maximum Gasteiger partial charge on any atom is 0.0626 e. The van der Waals surface area contributed by atoms with Crippen LogP contribution in [0.2, 0.25) is 0 Å². The van der Waals surface area contributed by atoms with E-state index in [1.54, 1.807) is 0 Å². The molecule has 3 atom stereocenters. The molecule has 2 fully saturated rings. The Bertz CT molecular complexity index is 242. The number of hydrogen-bond acceptors (Lipinski definition) is 3. The Morgan fingerprint density at radius 2 is 2.00 bits per heavy atom. The highest BCUT2D eigenvalue weighted by atomic mass is 16.3. The molecule has 3 N–H and O–H groups in total. The van der Waals surface area contributed by atoms with E-state index >= 15 is 0 Å². The van der Waals surface area contributed by atoms with Gasteiger partial charge in [0, 0.05) is 12.6 Å². The van der Waals surface area contributed by atoms with Gasteiger partial charge in [0.25, 0.3) is 0 Å². The van der Waals surface area contributed by atoms with Crippen molar-refractivity contribution in [2.75, 3.05) is 19.7 Å². The molecule has 2 rings (SSSR count). The lowest BCUT2D eigenvalue weighted by Crippen LogP contribution is -2.58. The van der Waals surface area contributed by atoms with Crippen molar-refractivity contribution in [3.05, 3.63) is 0 Å². The van der Waals surface area contributed by atoms with Crippen molar-refractivity contribution in [2.24, 2.45) is 17.6 Å². The van der Waals surface area contributed by atoms with Crippen LogP contribution in [-0.4, -0.2) is 41.3 Å². The fourth-order valence-electron chi connectivity index (χ4n) is 2.99. The molecule has 0 bridgehead atoms. The van der Waals surface area contributed by atoms with Crippen molar-refractivity contribution in [3.8, 4) is 0 Å². The molecule has 0 radical (unpaired) electrons. The van der Waals surface area contributed by atoms with E-state index in [0.29, 0.717) is 12.0 Å². The molecular weight excluding hydrogens is 200 g/mol. The first-order chi connectivity index (χ1) is 7.57. The van der Waals surface area contributed by atoms with Crippen LogP contribution >= 0.6 is 0 Å². The highest BCUT2D eigenvalue weighted by Gasteiger charge is 2.44. The third kappa shape index (κ3) is 2.41. The van der Waals surface area contributed by atoms with Gasteiger partial charge in [0.1, 0.15) is 0 Å². The van der Waals surface area contributed by atoms with Crippen molar-refractivity contribution in [3.63, 3.8) is 0 Å². The van der Waals surface area contributed by atoms with Gasteiger partial charge in [0.05, 0.1) is 12.1 Å². The van der Waals surface area contributed by atoms with Gasteiger partial charge >= 0.3 is 0 Å². The Balaban J connectivity index is 1.96. The van der Waals surface area contributed by atoms with Crippen LogP contribution in [0.3, 0.4) is 0 Å². The van der Waals surface area contributed by atoms with Crippen LogP contribution in [0.1, 0.15) is 39.5 Å². The summed E-state index contributed by atoms with van der Waals surface area (Å²) in [5, 5.41) is 9.53. The van der Waals surface area contributed by atoms with Gasteiger partial charge in [-0.1, -0.05) is 6.92 Å². The summed E-state index contributed by atoms with van der Waals surface area (Å²) in [6.45, 7) is 6.78. The van der Waals surface area contributed by atoms with Crippen molar-refractivity contribution in [2.45, 2.75) is 51.1 Å². The minimum Gasteiger partial charge on any atom is -0.394 e. The lowest BCUT2D eigenvalue weighted by atomic mass is 9.88. The van der Waals surface area contributed by atoms with Crippen LogP contribution in [0.5, 0.6) is 0 Å². The normalized spacial score (nSPS) is 36.0. The topological polar surface area (TPSA) is 49.5 Å². The summed E-state index contributed by atoms with van der Waals surface area (Å²) in [5.74, 6) is 1.32. The molecule has 1 aliphatic carbocycles. The summed E-state index contributed by atoms with van der Waals surface area (Å²) < 4.78 is 0. The molecule has 94 valence electrons. The van der Waals surface area contributed by atoms with Gasteiger partial charge < -0.3 is 10.8 Å². The lowest BCUT2D eigenvalue weighted by Gasteiger charge is -2.42. The number of aliphatic hydroxyl groups excluding tert-OH is 1. The molecule has 0 aromatic carbocycles. The van der Waals surface area contributed by atoms with Crippen LogP contribution < -0.4 is 5.73 Å². The molecule has 0 spiro atoms. The first-order valence-corrected chi connectivity index (χ1v) is 6.70. The van der Waals surface area contributed by atoms with Gasteiger partial charge in [-0.15, -0.1) is 0 Å². The molecule has 16 heavy (non-hydrogen) atoms. The summed E-state index contributed by atoms with van der Waals surface area (Å²) in [6.07, 6.45) is 5.01. The minimum absolute atomic E-state index is 0.134. The van der Waals surface area contributed by atoms with Crippen LogP contribution in [0.25, 0.3) is 0 Å². The zero-order valence-corrected chi connectivity index (χ0v) is 10.7. The molecule has 0 aromatic heterocycles.